The molecular weight excluding hydrogens is 368 g/mol. The molecule has 0 aliphatic rings. The van der Waals surface area contributed by atoms with E-state index in [0.29, 0.717) is 0 Å². The Labute approximate surface area is 152 Å². The number of carbonyl (C=O) groups excluding carboxylic acids is 1. The van der Waals surface area contributed by atoms with Gasteiger partial charge in [0.15, 0.2) is 0 Å². The van der Waals surface area contributed by atoms with E-state index < -0.39 is 40.2 Å². The predicted octanol–water partition coefficient (Wildman–Crippen LogP) is 1.88. The number of carboxylic acids is 1. The van der Waals surface area contributed by atoms with Gasteiger partial charge in [0.1, 0.15) is 24.0 Å². The molecule has 1 rings (SSSR count). The maximum Gasteiger partial charge on any atom is 0.339 e. The first kappa shape index (κ1) is 21.6. The van der Waals surface area contributed by atoms with Crippen LogP contribution in [0.1, 0.15) is 37.0 Å². The molecule has 12 heteroatoms. The molecule has 27 heavy (non-hydrogen) atoms. The van der Waals surface area contributed by atoms with Crippen molar-refractivity contribution in [1.29, 1.82) is 0 Å². The Morgan fingerprint density at radius 2 is 1.81 bits per heavy atom. The molecule has 0 saturated heterocycles. The number of para-hydroxylation sites is 1. The Bertz CT molecular complexity index is 718. The van der Waals surface area contributed by atoms with Crippen molar-refractivity contribution in [2.24, 2.45) is 5.41 Å². The van der Waals surface area contributed by atoms with Crippen molar-refractivity contribution in [1.82, 2.24) is 0 Å². The van der Waals surface area contributed by atoms with Gasteiger partial charge in [-0.3, -0.25) is 4.79 Å². The molecule has 1 N–H and O–H groups in total. The Hall–Kier alpha value is -3.44. The molecule has 0 radical (unpaired) electrons. The van der Waals surface area contributed by atoms with Crippen molar-refractivity contribution in [2.75, 3.05) is 6.61 Å². The number of aromatic carboxylic acids is 1. The van der Waals surface area contributed by atoms with Gasteiger partial charge in [-0.25, -0.2) is 4.79 Å². The van der Waals surface area contributed by atoms with E-state index in [1.54, 1.807) is 0 Å². The smallest absolute Gasteiger partial charge is 0.339 e. The standard InChI is InChI=1S/C15H18N2O10/c1-15(2,8-7-10(27-17(23)24)9-25-16(21)22)14(20)26-12-6-4-3-5-11(12)13(18)19/h3-6,10H,7-9H2,1-2H3,(H,18,19). The molecule has 1 unspecified atom stereocenters. The fraction of sp³-hybridized carbons (Fsp3) is 0.467. The maximum absolute atomic E-state index is 12.4. The summed E-state index contributed by atoms with van der Waals surface area (Å²) in [6.07, 6.45) is -1.37. The van der Waals surface area contributed by atoms with E-state index in [2.05, 4.69) is 9.68 Å². The lowest BCUT2D eigenvalue weighted by molar-refractivity contribution is -0.790. The molecule has 0 aliphatic carbocycles. The van der Waals surface area contributed by atoms with Crippen molar-refractivity contribution in [3.63, 3.8) is 0 Å². The quantitative estimate of drug-likeness (QED) is 0.256. The van der Waals surface area contributed by atoms with E-state index in [1.807, 2.05) is 0 Å². The van der Waals surface area contributed by atoms with Crippen LogP contribution in [0.2, 0.25) is 0 Å². The van der Waals surface area contributed by atoms with Crippen molar-refractivity contribution in [2.45, 2.75) is 32.8 Å². The summed E-state index contributed by atoms with van der Waals surface area (Å²) in [7, 11) is 0. The lowest BCUT2D eigenvalue weighted by atomic mass is 9.87. The molecule has 1 aromatic carbocycles. The van der Waals surface area contributed by atoms with Gasteiger partial charge in [0.25, 0.3) is 10.2 Å². The largest absolute Gasteiger partial charge is 0.478 e. The summed E-state index contributed by atoms with van der Waals surface area (Å²) in [5, 5.41) is 27.6. The summed E-state index contributed by atoms with van der Waals surface area (Å²) in [6, 6.07) is 5.56. The fourth-order valence-corrected chi connectivity index (χ4v) is 2.03. The number of esters is 1. The molecule has 0 aliphatic heterocycles. The number of ether oxygens (including phenoxy) is 1. The molecule has 0 amide bonds. The van der Waals surface area contributed by atoms with Crippen molar-refractivity contribution < 1.29 is 39.3 Å². The van der Waals surface area contributed by atoms with Gasteiger partial charge in [0, 0.05) is 0 Å². The van der Waals surface area contributed by atoms with E-state index >= 15 is 0 Å². The Morgan fingerprint density at radius 1 is 1.19 bits per heavy atom. The zero-order valence-electron chi connectivity index (χ0n) is 14.5. The van der Waals surface area contributed by atoms with Crippen LogP contribution in [0.3, 0.4) is 0 Å². The number of nitrogens with zero attached hydrogens (tertiary/aromatic N) is 2. The third-order valence-corrected chi connectivity index (χ3v) is 3.56. The molecule has 12 nitrogen and oxygen atoms in total. The van der Waals surface area contributed by atoms with E-state index in [0.717, 1.165) is 0 Å². The SMILES string of the molecule is CC(C)(CCC(CO[N+](=O)[O-])O[N+](=O)[O-])C(=O)Oc1ccccc1C(=O)O. The summed E-state index contributed by atoms with van der Waals surface area (Å²) < 4.78 is 5.15. The van der Waals surface area contributed by atoms with Crippen LogP contribution in [0.15, 0.2) is 24.3 Å². The molecule has 0 heterocycles. The molecule has 1 atom stereocenters. The van der Waals surface area contributed by atoms with E-state index in [4.69, 9.17) is 9.84 Å². The third-order valence-electron chi connectivity index (χ3n) is 3.56. The highest BCUT2D eigenvalue weighted by Crippen LogP contribution is 2.28. The lowest BCUT2D eigenvalue weighted by Crippen LogP contribution is -2.32. The molecule has 0 saturated carbocycles. The summed E-state index contributed by atoms with van der Waals surface area (Å²) >= 11 is 0. The second-order valence-electron chi connectivity index (χ2n) is 6.08. The fourth-order valence-electron chi connectivity index (χ4n) is 2.03. The number of rotatable bonds is 11. The number of hydrogen-bond donors (Lipinski definition) is 1. The minimum absolute atomic E-state index is 0.000647. The number of hydrogen-bond acceptors (Lipinski definition) is 9. The normalized spacial score (nSPS) is 11.9. The maximum atomic E-state index is 12.4. The minimum atomic E-state index is -1.27. The first-order valence-corrected chi connectivity index (χ1v) is 7.66. The first-order chi connectivity index (χ1) is 12.5. The molecule has 0 spiro atoms. The topological polar surface area (TPSA) is 168 Å². The minimum Gasteiger partial charge on any atom is -0.478 e. The average molecular weight is 386 g/mol. The van der Waals surface area contributed by atoms with Gasteiger partial charge >= 0.3 is 11.9 Å². The van der Waals surface area contributed by atoms with Crippen LogP contribution >= 0.6 is 0 Å². The summed E-state index contributed by atoms with van der Waals surface area (Å²) in [5.74, 6) is -2.18. The average Bonchev–Trinajstić information content (AvgIpc) is 2.57. The zero-order chi connectivity index (χ0) is 20.6. The molecule has 148 valence electrons. The van der Waals surface area contributed by atoms with Crippen LogP contribution in [0.5, 0.6) is 5.75 Å². The Kier molecular flexibility index (Phi) is 7.45. The van der Waals surface area contributed by atoms with E-state index in [1.165, 1.54) is 38.1 Å². The Morgan fingerprint density at radius 3 is 2.37 bits per heavy atom. The number of benzene rings is 1. The Balaban J connectivity index is 2.77. The van der Waals surface area contributed by atoms with Crippen molar-refractivity contribution in [3.8, 4) is 5.75 Å². The van der Waals surface area contributed by atoms with Crippen LogP contribution in [0.4, 0.5) is 0 Å². The number of carbonyl (C=O) groups is 2. The van der Waals surface area contributed by atoms with Crippen LogP contribution < -0.4 is 4.74 Å². The molecule has 0 fully saturated rings. The monoisotopic (exact) mass is 386 g/mol. The molecular formula is C15H18N2O10. The summed E-state index contributed by atoms with van der Waals surface area (Å²) in [4.78, 5) is 52.6. The zero-order valence-corrected chi connectivity index (χ0v) is 14.5. The second-order valence-corrected chi connectivity index (χ2v) is 6.08. The molecule has 0 aromatic heterocycles. The van der Waals surface area contributed by atoms with Gasteiger partial charge in [-0.1, -0.05) is 12.1 Å². The molecule has 1 aromatic rings. The number of carboxylic acid groups (broad SMARTS) is 1. The van der Waals surface area contributed by atoms with Crippen molar-refractivity contribution in [3.05, 3.63) is 50.1 Å². The first-order valence-electron chi connectivity index (χ1n) is 7.66. The summed E-state index contributed by atoms with van der Waals surface area (Å²) in [5.41, 5.74) is -1.38. The second kappa shape index (κ2) is 9.31. The highest BCUT2D eigenvalue weighted by Gasteiger charge is 2.32. The lowest BCUT2D eigenvalue weighted by Gasteiger charge is -2.24. The van der Waals surface area contributed by atoms with Gasteiger partial charge in [-0.2, -0.15) is 0 Å². The van der Waals surface area contributed by atoms with E-state index in [-0.39, 0.29) is 24.2 Å². The van der Waals surface area contributed by atoms with Gasteiger partial charge in [0.05, 0.1) is 5.41 Å². The van der Waals surface area contributed by atoms with E-state index in [9.17, 15) is 29.8 Å². The summed E-state index contributed by atoms with van der Waals surface area (Å²) in [6.45, 7) is 2.29. The van der Waals surface area contributed by atoms with Gasteiger partial charge in [-0.15, -0.1) is 20.2 Å². The highest BCUT2D eigenvalue weighted by molar-refractivity contribution is 5.92. The predicted molar refractivity (Wildman–Crippen MR) is 86.9 cm³/mol. The van der Waals surface area contributed by atoms with Crippen LogP contribution in [-0.2, 0) is 14.5 Å². The van der Waals surface area contributed by atoms with Gasteiger partial charge in [-0.05, 0) is 38.8 Å². The third kappa shape index (κ3) is 7.13. The van der Waals surface area contributed by atoms with Crippen molar-refractivity contribution >= 4 is 11.9 Å². The highest BCUT2D eigenvalue weighted by atomic mass is 17.0. The van der Waals surface area contributed by atoms with Gasteiger partial charge in [0.2, 0.25) is 0 Å². The molecule has 0 bridgehead atoms. The van der Waals surface area contributed by atoms with Crippen LogP contribution in [-0.4, -0.2) is 39.9 Å². The van der Waals surface area contributed by atoms with Gasteiger partial charge < -0.3 is 19.5 Å². The van der Waals surface area contributed by atoms with Crippen LogP contribution in [0.25, 0.3) is 0 Å². The van der Waals surface area contributed by atoms with Crippen LogP contribution in [0, 0.1) is 25.6 Å².